The van der Waals surface area contributed by atoms with E-state index in [0.717, 1.165) is 5.56 Å². The van der Waals surface area contributed by atoms with Crippen LogP contribution in [0.25, 0.3) is 0 Å². The molecule has 4 nitrogen and oxygen atoms in total. The fraction of sp³-hybridized carbons (Fsp3) is 0.0769. The van der Waals surface area contributed by atoms with E-state index in [1.807, 2.05) is 6.07 Å². The molecule has 2 aromatic rings. The van der Waals surface area contributed by atoms with Crippen molar-refractivity contribution in [3.05, 3.63) is 64.2 Å². The van der Waals surface area contributed by atoms with Gasteiger partial charge in [-0.15, -0.1) is 11.6 Å². The molecular weight excluding hydrogens is 254 g/mol. The van der Waals surface area contributed by atoms with Crippen molar-refractivity contribution in [2.45, 2.75) is 5.88 Å². The Labute approximate surface area is 109 Å². The van der Waals surface area contributed by atoms with Gasteiger partial charge in [0.2, 0.25) is 5.75 Å². The maximum Gasteiger partial charge on any atom is 0.311 e. The third kappa shape index (κ3) is 2.78. The molecule has 0 fully saturated rings. The summed E-state index contributed by atoms with van der Waals surface area (Å²) in [6.07, 6.45) is 0. The molecule has 0 saturated carbocycles. The van der Waals surface area contributed by atoms with Crippen molar-refractivity contribution in [1.82, 2.24) is 0 Å². The predicted molar refractivity (Wildman–Crippen MR) is 69.2 cm³/mol. The lowest BCUT2D eigenvalue weighted by Crippen LogP contribution is -1.94. The molecule has 0 radical (unpaired) electrons. The Balaban J connectivity index is 2.38. The summed E-state index contributed by atoms with van der Waals surface area (Å²) in [5, 5.41) is 10.9. The van der Waals surface area contributed by atoms with E-state index in [9.17, 15) is 10.1 Å². The Hall–Kier alpha value is -2.07. The quantitative estimate of drug-likeness (QED) is 0.473. The Morgan fingerprint density at radius 3 is 2.50 bits per heavy atom. The van der Waals surface area contributed by atoms with Crippen molar-refractivity contribution in [3.63, 3.8) is 0 Å². The van der Waals surface area contributed by atoms with E-state index in [1.54, 1.807) is 36.4 Å². The Morgan fingerprint density at radius 1 is 1.17 bits per heavy atom. The van der Waals surface area contributed by atoms with Gasteiger partial charge in [0.05, 0.1) is 4.92 Å². The number of benzene rings is 2. The van der Waals surface area contributed by atoms with E-state index in [1.165, 1.54) is 6.07 Å². The number of nitro groups is 1. The van der Waals surface area contributed by atoms with Gasteiger partial charge in [-0.2, -0.15) is 0 Å². The van der Waals surface area contributed by atoms with Crippen LogP contribution in [0, 0.1) is 10.1 Å². The largest absolute Gasteiger partial charge is 0.450 e. The molecule has 0 bridgehead atoms. The second-order valence-electron chi connectivity index (χ2n) is 3.61. The van der Waals surface area contributed by atoms with Gasteiger partial charge in [-0.25, -0.2) is 0 Å². The molecule has 5 heteroatoms. The van der Waals surface area contributed by atoms with Gasteiger partial charge in [-0.05, 0) is 23.8 Å². The van der Waals surface area contributed by atoms with Gasteiger partial charge >= 0.3 is 5.69 Å². The van der Waals surface area contributed by atoms with Crippen molar-refractivity contribution in [2.24, 2.45) is 0 Å². The Bertz CT molecular complexity index is 557. The summed E-state index contributed by atoms with van der Waals surface area (Å²) >= 11 is 5.71. The van der Waals surface area contributed by atoms with E-state index in [4.69, 9.17) is 16.3 Å². The van der Waals surface area contributed by atoms with Crippen LogP contribution < -0.4 is 4.74 Å². The van der Waals surface area contributed by atoms with Crippen LogP contribution in [0.2, 0.25) is 0 Å². The maximum absolute atomic E-state index is 10.9. The molecule has 18 heavy (non-hydrogen) atoms. The molecule has 0 N–H and O–H groups in total. The van der Waals surface area contributed by atoms with Gasteiger partial charge in [0.15, 0.2) is 0 Å². The number of hydrogen-bond acceptors (Lipinski definition) is 3. The third-order valence-electron chi connectivity index (χ3n) is 2.35. The average Bonchev–Trinajstić information content (AvgIpc) is 2.39. The van der Waals surface area contributed by atoms with Crippen LogP contribution in [-0.2, 0) is 5.88 Å². The van der Waals surface area contributed by atoms with Gasteiger partial charge in [0.25, 0.3) is 0 Å². The van der Waals surface area contributed by atoms with E-state index < -0.39 is 4.92 Å². The molecule has 92 valence electrons. The van der Waals surface area contributed by atoms with Gasteiger partial charge in [0, 0.05) is 11.9 Å². The highest BCUT2D eigenvalue weighted by Crippen LogP contribution is 2.32. The molecule has 0 atom stereocenters. The minimum atomic E-state index is -0.476. The van der Waals surface area contributed by atoms with E-state index in [-0.39, 0.29) is 17.3 Å². The zero-order valence-corrected chi connectivity index (χ0v) is 10.1. The standard InChI is InChI=1S/C13H10ClNO3/c14-9-10-6-7-12(15(16)17)13(8-10)18-11-4-2-1-3-5-11/h1-8H,9H2. The molecule has 2 aromatic carbocycles. The highest BCUT2D eigenvalue weighted by atomic mass is 35.5. The lowest BCUT2D eigenvalue weighted by molar-refractivity contribution is -0.385. The second kappa shape index (κ2) is 5.51. The topological polar surface area (TPSA) is 52.4 Å². The zero-order valence-electron chi connectivity index (χ0n) is 9.38. The summed E-state index contributed by atoms with van der Waals surface area (Å²) in [5.41, 5.74) is 0.695. The van der Waals surface area contributed by atoms with Gasteiger partial charge in [0.1, 0.15) is 5.75 Å². The van der Waals surface area contributed by atoms with Crippen LogP contribution in [0.15, 0.2) is 48.5 Å². The Morgan fingerprint density at radius 2 is 1.89 bits per heavy atom. The molecule has 0 heterocycles. The average molecular weight is 264 g/mol. The van der Waals surface area contributed by atoms with Crippen LogP contribution in [0.4, 0.5) is 5.69 Å². The molecule has 0 spiro atoms. The zero-order chi connectivity index (χ0) is 13.0. The van der Waals surface area contributed by atoms with Crippen LogP contribution in [0.3, 0.4) is 0 Å². The summed E-state index contributed by atoms with van der Waals surface area (Å²) < 4.78 is 5.51. The first kappa shape index (κ1) is 12.4. The molecule has 0 amide bonds. The highest BCUT2D eigenvalue weighted by Gasteiger charge is 2.16. The van der Waals surface area contributed by atoms with E-state index in [2.05, 4.69) is 0 Å². The van der Waals surface area contributed by atoms with Gasteiger partial charge in [-0.3, -0.25) is 10.1 Å². The number of para-hydroxylation sites is 1. The van der Waals surface area contributed by atoms with Crippen molar-refractivity contribution in [3.8, 4) is 11.5 Å². The Kier molecular flexibility index (Phi) is 3.79. The fourth-order valence-electron chi connectivity index (χ4n) is 1.49. The first-order chi connectivity index (χ1) is 8.70. The summed E-state index contributed by atoms with van der Waals surface area (Å²) in [7, 11) is 0. The van der Waals surface area contributed by atoms with Crippen LogP contribution in [0.5, 0.6) is 11.5 Å². The van der Waals surface area contributed by atoms with Crippen LogP contribution >= 0.6 is 11.6 Å². The second-order valence-corrected chi connectivity index (χ2v) is 3.88. The van der Waals surface area contributed by atoms with Crippen molar-refractivity contribution < 1.29 is 9.66 Å². The molecule has 0 aliphatic heterocycles. The monoisotopic (exact) mass is 263 g/mol. The van der Waals surface area contributed by atoms with Crippen molar-refractivity contribution in [2.75, 3.05) is 0 Å². The molecule has 0 unspecified atom stereocenters. The SMILES string of the molecule is O=[N+]([O-])c1ccc(CCl)cc1Oc1ccccc1. The van der Waals surface area contributed by atoms with Gasteiger partial charge < -0.3 is 4.74 Å². The molecule has 0 aliphatic rings. The molecule has 0 aromatic heterocycles. The predicted octanol–water partition coefficient (Wildman–Crippen LogP) is 4.13. The molecule has 0 saturated heterocycles. The van der Waals surface area contributed by atoms with E-state index in [0.29, 0.717) is 5.75 Å². The number of alkyl halides is 1. The number of nitro benzene ring substituents is 1. The summed E-state index contributed by atoms with van der Waals surface area (Å²) in [4.78, 5) is 10.4. The van der Waals surface area contributed by atoms with Crippen molar-refractivity contribution in [1.29, 1.82) is 0 Å². The fourth-order valence-corrected chi connectivity index (χ4v) is 1.66. The number of nitrogens with zero attached hydrogens (tertiary/aromatic N) is 1. The molecule has 2 rings (SSSR count). The lowest BCUT2D eigenvalue weighted by atomic mass is 10.2. The minimum Gasteiger partial charge on any atom is -0.450 e. The first-order valence-corrected chi connectivity index (χ1v) is 5.80. The third-order valence-corrected chi connectivity index (χ3v) is 2.65. The summed E-state index contributed by atoms with van der Waals surface area (Å²) in [6.45, 7) is 0. The van der Waals surface area contributed by atoms with Crippen molar-refractivity contribution >= 4 is 17.3 Å². The summed E-state index contributed by atoms with van der Waals surface area (Å²) in [5.74, 6) is 1.03. The lowest BCUT2D eigenvalue weighted by Gasteiger charge is -2.07. The maximum atomic E-state index is 10.9. The highest BCUT2D eigenvalue weighted by molar-refractivity contribution is 6.17. The first-order valence-electron chi connectivity index (χ1n) is 5.27. The number of halogens is 1. The number of ether oxygens (including phenoxy) is 1. The minimum absolute atomic E-state index is 0.0762. The molecular formula is C13H10ClNO3. The van der Waals surface area contributed by atoms with Gasteiger partial charge in [-0.1, -0.05) is 24.3 Å². The van der Waals surface area contributed by atoms with Crippen LogP contribution in [-0.4, -0.2) is 4.92 Å². The van der Waals surface area contributed by atoms with E-state index >= 15 is 0 Å². The normalized spacial score (nSPS) is 10.1. The summed E-state index contributed by atoms with van der Waals surface area (Å²) in [6, 6.07) is 13.5. The number of hydrogen-bond donors (Lipinski definition) is 0. The number of rotatable bonds is 4. The van der Waals surface area contributed by atoms with Crippen LogP contribution in [0.1, 0.15) is 5.56 Å². The smallest absolute Gasteiger partial charge is 0.311 e. The molecule has 0 aliphatic carbocycles.